The predicted molar refractivity (Wildman–Crippen MR) is 45.4 cm³/mol. The van der Waals surface area contributed by atoms with Crippen molar-refractivity contribution in [1.82, 2.24) is 0 Å². The fourth-order valence-corrected chi connectivity index (χ4v) is 0.953. The van der Waals surface area contributed by atoms with E-state index in [-0.39, 0.29) is 5.75 Å². The summed E-state index contributed by atoms with van der Waals surface area (Å²) < 4.78 is 17.8. The summed E-state index contributed by atoms with van der Waals surface area (Å²) in [5.74, 6) is -0.700. The van der Waals surface area contributed by atoms with Crippen molar-refractivity contribution in [3.63, 3.8) is 0 Å². The second-order valence-electron chi connectivity index (χ2n) is 2.17. The van der Waals surface area contributed by atoms with Crippen LogP contribution in [0.4, 0.5) is 4.39 Å². The number of ether oxygens (including phenoxy) is 1. The standard InChI is InChI=1S/C8H6BrFO2/c1-5(11)12-6-2-3-7(9)8(10)4-6/h2-4H,1H3. The molecule has 4 heteroatoms. The Balaban J connectivity index is 2.89. The van der Waals surface area contributed by atoms with E-state index in [0.29, 0.717) is 4.47 Å². The van der Waals surface area contributed by atoms with Crippen molar-refractivity contribution in [3.8, 4) is 5.75 Å². The summed E-state index contributed by atoms with van der Waals surface area (Å²) in [5, 5.41) is 0. The third-order valence-corrected chi connectivity index (χ3v) is 1.80. The summed E-state index contributed by atoms with van der Waals surface area (Å²) in [6.45, 7) is 1.26. The molecule has 0 fully saturated rings. The Morgan fingerprint density at radius 1 is 1.58 bits per heavy atom. The highest BCUT2D eigenvalue weighted by Crippen LogP contribution is 2.20. The lowest BCUT2D eigenvalue weighted by molar-refractivity contribution is -0.131. The van der Waals surface area contributed by atoms with Crippen LogP contribution in [0.2, 0.25) is 0 Å². The van der Waals surface area contributed by atoms with E-state index in [2.05, 4.69) is 20.7 Å². The summed E-state index contributed by atoms with van der Waals surface area (Å²) in [7, 11) is 0. The highest BCUT2D eigenvalue weighted by Gasteiger charge is 2.02. The van der Waals surface area contributed by atoms with Crippen molar-refractivity contribution in [2.75, 3.05) is 0 Å². The van der Waals surface area contributed by atoms with Gasteiger partial charge in [-0.1, -0.05) is 0 Å². The van der Waals surface area contributed by atoms with Crippen molar-refractivity contribution in [2.45, 2.75) is 6.92 Å². The largest absolute Gasteiger partial charge is 0.427 e. The van der Waals surface area contributed by atoms with Gasteiger partial charge in [-0.25, -0.2) is 4.39 Å². The summed E-state index contributed by atoms with van der Waals surface area (Å²) in [6, 6.07) is 4.13. The molecule has 64 valence electrons. The first-order valence-corrected chi connectivity index (χ1v) is 4.02. The Bertz CT molecular complexity index is 312. The van der Waals surface area contributed by atoms with Gasteiger partial charge in [0.15, 0.2) is 0 Å². The number of hydrogen-bond acceptors (Lipinski definition) is 2. The molecule has 0 amide bonds. The molecule has 12 heavy (non-hydrogen) atoms. The quantitative estimate of drug-likeness (QED) is 0.550. The predicted octanol–water partition coefficient (Wildman–Crippen LogP) is 2.51. The lowest BCUT2D eigenvalue weighted by atomic mass is 10.3. The van der Waals surface area contributed by atoms with E-state index in [1.54, 1.807) is 0 Å². The van der Waals surface area contributed by atoms with Crippen LogP contribution in [0.25, 0.3) is 0 Å². The highest BCUT2D eigenvalue weighted by molar-refractivity contribution is 9.10. The molecule has 1 aromatic rings. The van der Waals surface area contributed by atoms with Crippen LogP contribution in [0.15, 0.2) is 22.7 Å². The van der Waals surface area contributed by atoms with E-state index in [1.165, 1.54) is 19.1 Å². The Hall–Kier alpha value is -0.900. The molecule has 0 unspecified atom stereocenters. The van der Waals surface area contributed by atoms with Crippen LogP contribution < -0.4 is 4.74 Å². The summed E-state index contributed by atoms with van der Waals surface area (Å²) >= 11 is 2.98. The molecular formula is C8H6BrFO2. The summed E-state index contributed by atoms with van der Waals surface area (Å²) in [4.78, 5) is 10.5. The summed E-state index contributed by atoms with van der Waals surface area (Å²) in [5.41, 5.74) is 0. The van der Waals surface area contributed by atoms with Crippen LogP contribution in [-0.2, 0) is 4.79 Å². The molecule has 1 rings (SSSR count). The maximum atomic E-state index is 12.8. The van der Waals surface area contributed by atoms with Gasteiger partial charge in [-0.3, -0.25) is 4.79 Å². The third kappa shape index (κ3) is 2.30. The van der Waals surface area contributed by atoms with Crippen LogP contribution in [0.3, 0.4) is 0 Å². The normalized spacial score (nSPS) is 9.58. The first-order chi connectivity index (χ1) is 5.59. The van der Waals surface area contributed by atoms with Crippen LogP contribution >= 0.6 is 15.9 Å². The Morgan fingerprint density at radius 2 is 2.25 bits per heavy atom. The van der Waals surface area contributed by atoms with E-state index in [4.69, 9.17) is 0 Å². The first kappa shape index (κ1) is 9.19. The lowest BCUT2D eigenvalue weighted by Crippen LogP contribution is -2.01. The monoisotopic (exact) mass is 232 g/mol. The number of esters is 1. The number of hydrogen-bond donors (Lipinski definition) is 0. The molecule has 1 aromatic carbocycles. The number of rotatable bonds is 1. The zero-order valence-electron chi connectivity index (χ0n) is 6.30. The van der Waals surface area contributed by atoms with Gasteiger partial charge in [-0.15, -0.1) is 0 Å². The molecule has 0 aliphatic carbocycles. The van der Waals surface area contributed by atoms with Crippen LogP contribution in [0.5, 0.6) is 5.75 Å². The maximum absolute atomic E-state index is 12.8. The number of carbonyl (C=O) groups excluding carboxylic acids is 1. The first-order valence-electron chi connectivity index (χ1n) is 3.23. The average molecular weight is 233 g/mol. The van der Waals surface area contributed by atoms with Crippen molar-refractivity contribution in [1.29, 1.82) is 0 Å². The Morgan fingerprint density at radius 3 is 2.75 bits per heavy atom. The van der Waals surface area contributed by atoms with Crippen LogP contribution in [0.1, 0.15) is 6.92 Å². The molecule has 0 N–H and O–H groups in total. The zero-order chi connectivity index (χ0) is 9.14. The maximum Gasteiger partial charge on any atom is 0.308 e. The molecule has 0 saturated heterocycles. The lowest BCUT2D eigenvalue weighted by Gasteiger charge is -2.00. The van der Waals surface area contributed by atoms with Gasteiger partial charge in [-0.2, -0.15) is 0 Å². The minimum Gasteiger partial charge on any atom is -0.427 e. The van der Waals surface area contributed by atoms with Gasteiger partial charge in [0.05, 0.1) is 4.47 Å². The molecule has 0 heterocycles. The molecule has 0 atom stereocenters. The third-order valence-electron chi connectivity index (χ3n) is 1.15. The van der Waals surface area contributed by atoms with E-state index in [0.717, 1.165) is 6.07 Å². The highest BCUT2D eigenvalue weighted by atomic mass is 79.9. The molecule has 0 spiro atoms. The van der Waals surface area contributed by atoms with E-state index in [9.17, 15) is 9.18 Å². The van der Waals surface area contributed by atoms with Crippen molar-refractivity contribution in [3.05, 3.63) is 28.5 Å². The van der Waals surface area contributed by atoms with Gasteiger partial charge < -0.3 is 4.74 Å². The van der Waals surface area contributed by atoms with Gasteiger partial charge in [0.1, 0.15) is 11.6 Å². The van der Waals surface area contributed by atoms with E-state index >= 15 is 0 Å². The van der Waals surface area contributed by atoms with Gasteiger partial charge in [-0.05, 0) is 28.1 Å². The smallest absolute Gasteiger partial charge is 0.308 e. The second-order valence-corrected chi connectivity index (χ2v) is 3.02. The second kappa shape index (κ2) is 3.67. The minimum atomic E-state index is -0.461. The minimum absolute atomic E-state index is 0.211. The van der Waals surface area contributed by atoms with Gasteiger partial charge in [0, 0.05) is 13.0 Å². The van der Waals surface area contributed by atoms with Crippen molar-refractivity contribution >= 4 is 21.9 Å². The average Bonchev–Trinajstić information content (AvgIpc) is 1.96. The van der Waals surface area contributed by atoms with Gasteiger partial charge in [0.25, 0.3) is 0 Å². The van der Waals surface area contributed by atoms with Crippen LogP contribution in [0, 0.1) is 5.82 Å². The molecule has 0 saturated carbocycles. The molecule has 0 radical (unpaired) electrons. The fourth-order valence-electron chi connectivity index (χ4n) is 0.706. The topological polar surface area (TPSA) is 26.3 Å². The zero-order valence-corrected chi connectivity index (χ0v) is 7.89. The Kier molecular flexibility index (Phi) is 2.81. The number of halogens is 2. The Labute approximate surface area is 77.5 Å². The molecular weight excluding hydrogens is 227 g/mol. The molecule has 0 aliphatic rings. The van der Waals surface area contributed by atoms with Gasteiger partial charge >= 0.3 is 5.97 Å². The van der Waals surface area contributed by atoms with Crippen molar-refractivity contribution in [2.24, 2.45) is 0 Å². The fraction of sp³-hybridized carbons (Fsp3) is 0.125. The van der Waals surface area contributed by atoms with E-state index in [1.807, 2.05) is 0 Å². The van der Waals surface area contributed by atoms with Crippen molar-refractivity contribution < 1.29 is 13.9 Å². The molecule has 2 nitrogen and oxygen atoms in total. The summed E-state index contributed by atoms with van der Waals surface area (Å²) in [6.07, 6.45) is 0. The number of benzene rings is 1. The number of carbonyl (C=O) groups is 1. The molecule has 0 aliphatic heterocycles. The van der Waals surface area contributed by atoms with Crippen LogP contribution in [-0.4, -0.2) is 5.97 Å². The van der Waals surface area contributed by atoms with Gasteiger partial charge in [0.2, 0.25) is 0 Å². The SMILES string of the molecule is CC(=O)Oc1ccc(Br)c(F)c1. The molecule has 0 bridgehead atoms. The van der Waals surface area contributed by atoms with E-state index < -0.39 is 11.8 Å². The molecule has 0 aromatic heterocycles.